The molecule has 0 unspecified atom stereocenters. The van der Waals surface area contributed by atoms with Crippen molar-refractivity contribution < 1.29 is 9.53 Å². The second-order valence-electron chi connectivity index (χ2n) is 6.67. The Kier molecular flexibility index (Phi) is 3.11. The Hall–Kier alpha value is -1.71. The van der Waals surface area contributed by atoms with Gasteiger partial charge in [-0.05, 0) is 39.3 Å². The molecule has 2 bridgehead atoms. The van der Waals surface area contributed by atoms with Gasteiger partial charge in [0.1, 0.15) is 5.60 Å². The summed E-state index contributed by atoms with van der Waals surface area (Å²) in [7, 11) is 0. The Morgan fingerprint density at radius 3 is 2.30 bits per heavy atom. The first-order valence-corrected chi connectivity index (χ1v) is 7.25. The SMILES string of the molecule is CC(C)(C)OC(=O)N1[C@@H]2C[C@H]1CN(c1ccccc1)C2. The molecule has 1 amide bonds. The molecule has 4 nitrogen and oxygen atoms in total. The normalized spacial score (nSPS) is 25.1. The molecule has 3 aliphatic heterocycles. The highest BCUT2D eigenvalue weighted by Gasteiger charge is 2.48. The van der Waals surface area contributed by atoms with Crippen molar-refractivity contribution in [1.82, 2.24) is 4.90 Å². The zero-order valence-corrected chi connectivity index (χ0v) is 12.4. The number of amides is 1. The first-order valence-electron chi connectivity index (χ1n) is 7.25. The van der Waals surface area contributed by atoms with Crippen LogP contribution in [-0.4, -0.2) is 41.8 Å². The fourth-order valence-electron chi connectivity index (χ4n) is 3.07. The first-order chi connectivity index (χ1) is 9.44. The number of ether oxygens (including phenoxy) is 1. The van der Waals surface area contributed by atoms with Crippen LogP contribution in [0.2, 0.25) is 0 Å². The second kappa shape index (κ2) is 4.69. The van der Waals surface area contributed by atoms with Crippen LogP contribution in [0.5, 0.6) is 0 Å². The van der Waals surface area contributed by atoms with Crippen LogP contribution >= 0.6 is 0 Å². The van der Waals surface area contributed by atoms with Crippen molar-refractivity contribution in [3.05, 3.63) is 30.3 Å². The van der Waals surface area contributed by atoms with Gasteiger partial charge in [-0.2, -0.15) is 0 Å². The summed E-state index contributed by atoms with van der Waals surface area (Å²) in [4.78, 5) is 16.5. The maximum Gasteiger partial charge on any atom is 0.410 e. The number of hydrogen-bond acceptors (Lipinski definition) is 3. The molecule has 3 heterocycles. The van der Waals surface area contributed by atoms with E-state index in [0.717, 1.165) is 19.5 Å². The van der Waals surface area contributed by atoms with Crippen LogP contribution in [0.1, 0.15) is 27.2 Å². The van der Waals surface area contributed by atoms with Crippen LogP contribution in [0.3, 0.4) is 0 Å². The van der Waals surface area contributed by atoms with Gasteiger partial charge in [0.15, 0.2) is 0 Å². The van der Waals surface area contributed by atoms with Crippen molar-refractivity contribution in [2.75, 3.05) is 18.0 Å². The van der Waals surface area contributed by atoms with Crippen LogP contribution in [-0.2, 0) is 4.74 Å². The van der Waals surface area contributed by atoms with E-state index in [1.165, 1.54) is 5.69 Å². The molecule has 3 saturated heterocycles. The Bertz CT molecular complexity index is 483. The summed E-state index contributed by atoms with van der Waals surface area (Å²) in [5.74, 6) is 0. The quantitative estimate of drug-likeness (QED) is 0.789. The molecule has 0 radical (unpaired) electrons. The van der Waals surface area contributed by atoms with Gasteiger partial charge in [0.05, 0.1) is 12.1 Å². The molecule has 3 fully saturated rings. The highest BCUT2D eigenvalue weighted by molar-refractivity contribution is 5.71. The zero-order chi connectivity index (χ0) is 14.3. The third-order valence-electron chi connectivity index (χ3n) is 3.92. The van der Waals surface area contributed by atoms with Crippen molar-refractivity contribution in [3.63, 3.8) is 0 Å². The number of anilines is 1. The van der Waals surface area contributed by atoms with E-state index in [-0.39, 0.29) is 6.09 Å². The van der Waals surface area contributed by atoms with E-state index >= 15 is 0 Å². The monoisotopic (exact) mass is 274 g/mol. The van der Waals surface area contributed by atoms with E-state index < -0.39 is 5.60 Å². The highest BCUT2D eigenvalue weighted by Crippen LogP contribution is 2.35. The number of carbonyl (C=O) groups excluding carboxylic acids is 1. The number of para-hydroxylation sites is 1. The Morgan fingerprint density at radius 1 is 1.15 bits per heavy atom. The summed E-state index contributed by atoms with van der Waals surface area (Å²) in [6.07, 6.45) is 0.939. The molecule has 1 aromatic carbocycles. The molecule has 0 N–H and O–H groups in total. The van der Waals surface area contributed by atoms with E-state index in [2.05, 4.69) is 29.2 Å². The van der Waals surface area contributed by atoms with E-state index in [1.54, 1.807) is 0 Å². The fourth-order valence-corrected chi connectivity index (χ4v) is 3.07. The third-order valence-corrected chi connectivity index (χ3v) is 3.92. The molecule has 4 rings (SSSR count). The molecule has 1 aromatic rings. The predicted molar refractivity (Wildman–Crippen MR) is 78.9 cm³/mol. The smallest absolute Gasteiger partial charge is 0.410 e. The molecule has 4 heteroatoms. The summed E-state index contributed by atoms with van der Waals surface area (Å²) < 4.78 is 5.49. The lowest BCUT2D eigenvalue weighted by atomic mass is 9.87. The summed E-state index contributed by atoms with van der Waals surface area (Å²) in [5, 5.41) is 0. The van der Waals surface area contributed by atoms with E-state index in [0.29, 0.717) is 12.1 Å². The van der Waals surface area contributed by atoms with Crippen LogP contribution < -0.4 is 4.90 Å². The van der Waals surface area contributed by atoms with Crippen LogP contribution in [0.4, 0.5) is 10.5 Å². The number of nitrogens with zero attached hydrogens (tertiary/aromatic N) is 2. The lowest BCUT2D eigenvalue weighted by molar-refractivity contribution is -0.0379. The number of piperidine rings is 1. The highest BCUT2D eigenvalue weighted by atomic mass is 16.6. The van der Waals surface area contributed by atoms with Gasteiger partial charge in [-0.1, -0.05) is 18.2 Å². The number of hydrogen-bond donors (Lipinski definition) is 0. The number of piperazine rings is 1. The fraction of sp³-hybridized carbons (Fsp3) is 0.562. The lowest BCUT2D eigenvalue weighted by Crippen LogP contribution is -2.70. The van der Waals surface area contributed by atoms with Crippen molar-refractivity contribution in [1.29, 1.82) is 0 Å². The molecule has 0 spiro atoms. The van der Waals surface area contributed by atoms with Crippen molar-refractivity contribution in [2.24, 2.45) is 0 Å². The molecule has 108 valence electrons. The number of rotatable bonds is 1. The van der Waals surface area contributed by atoms with Gasteiger partial charge in [-0.3, -0.25) is 4.90 Å². The maximum atomic E-state index is 12.2. The van der Waals surface area contributed by atoms with Crippen molar-refractivity contribution in [2.45, 2.75) is 44.9 Å². The summed E-state index contributed by atoms with van der Waals surface area (Å²) >= 11 is 0. The van der Waals surface area contributed by atoms with Gasteiger partial charge in [-0.25, -0.2) is 4.79 Å². The molecule has 3 aliphatic rings. The average Bonchev–Trinajstić information content (AvgIpc) is 2.37. The van der Waals surface area contributed by atoms with Gasteiger partial charge in [0.2, 0.25) is 0 Å². The van der Waals surface area contributed by atoms with Gasteiger partial charge in [-0.15, -0.1) is 0 Å². The lowest BCUT2D eigenvalue weighted by Gasteiger charge is -2.56. The Balaban J connectivity index is 1.64. The Morgan fingerprint density at radius 2 is 1.75 bits per heavy atom. The number of fused-ring (bicyclic) bond motifs is 2. The van der Waals surface area contributed by atoms with Gasteiger partial charge < -0.3 is 9.64 Å². The molecule has 20 heavy (non-hydrogen) atoms. The van der Waals surface area contributed by atoms with Gasteiger partial charge >= 0.3 is 6.09 Å². The largest absolute Gasteiger partial charge is 0.444 e. The number of benzene rings is 1. The zero-order valence-electron chi connectivity index (χ0n) is 12.4. The Labute approximate surface area is 120 Å². The standard InChI is InChI=1S/C16H22N2O2/c1-16(2,3)20-15(19)18-13-9-14(18)11-17(10-13)12-7-5-4-6-8-12/h4-8,13-14H,9-11H2,1-3H3/t13-,14+. The predicted octanol–water partition coefficient (Wildman–Crippen LogP) is 2.88. The third kappa shape index (κ3) is 2.47. The molecular weight excluding hydrogens is 252 g/mol. The van der Waals surface area contributed by atoms with E-state index in [4.69, 9.17) is 4.74 Å². The molecule has 0 aromatic heterocycles. The average molecular weight is 274 g/mol. The van der Waals surface area contributed by atoms with Crippen molar-refractivity contribution in [3.8, 4) is 0 Å². The van der Waals surface area contributed by atoms with Crippen molar-refractivity contribution >= 4 is 11.8 Å². The summed E-state index contributed by atoms with van der Waals surface area (Å²) in [5.41, 5.74) is 0.825. The van der Waals surface area contributed by atoms with E-state index in [1.807, 2.05) is 31.7 Å². The minimum atomic E-state index is -0.417. The number of carbonyl (C=O) groups is 1. The minimum absolute atomic E-state index is 0.161. The molecule has 2 atom stereocenters. The molecule has 0 saturated carbocycles. The topological polar surface area (TPSA) is 32.8 Å². The molecular formula is C16H22N2O2. The summed E-state index contributed by atoms with van der Waals surface area (Å²) in [6.45, 7) is 7.55. The van der Waals surface area contributed by atoms with Gasteiger partial charge in [0.25, 0.3) is 0 Å². The summed E-state index contributed by atoms with van der Waals surface area (Å²) in [6, 6.07) is 11.0. The maximum absolute atomic E-state index is 12.2. The van der Waals surface area contributed by atoms with Crippen LogP contribution in [0, 0.1) is 0 Å². The molecule has 0 aliphatic carbocycles. The van der Waals surface area contributed by atoms with E-state index in [9.17, 15) is 4.79 Å². The van der Waals surface area contributed by atoms with Gasteiger partial charge in [0, 0.05) is 18.8 Å². The van der Waals surface area contributed by atoms with Crippen LogP contribution in [0.25, 0.3) is 0 Å². The second-order valence-corrected chi connectivity index (χ2v) is 6.67. The first kappa shape index (κ1) is 13.3. The van der Waals surface area contributed by atoms with Crippen LogP contribution in [0.15, 0.2) is 30.3 Å². The minimum Gasteiger partial charge on any atom is -0.444 e.